The van der Waals surface area contributed by atoms with Crippen molar-refractivity contribution in [3.63, 3.8) is 0 Å². The number of phenols is 1. The van der Waals surface area contributed by atoms with Gasteiger partial charge < -0.3 is 26.0 Å². The van der Waals surface area contributed by atoms with E-state index in [1.54, 1.807) is 12.1 Å². The molecule has 1 amide bonds. The van der Waals surface area contributed by atoms with E-state index in [0.29, 0.717) is 29.7 Å². The highest BCUT2D eigenvalue weighted by molar-refractivity contribution is 5.94. The van der Waals surface area contributed by atoms with Gasteiger partial charge >= 0.3 is 0 Å². The van der Waals surface area contributed by atoms with Gasteiger partial charge in [0.2, 0.25) is 0 Å². The highest BCUT2D eigenvalue weighted by Crippen LogP contribution is 2.23. The fraction of sp³-hybridized carbons (Fsp3) is 0.321. The fourth-order valence-corrected chi connectivity index (χ4v) is 4.56. The lowest BCUT2D eigenvalue weighted by atomic mass is 10.0. The highest BCUT2D eigenvalue weighted by atomic mass is 16.3. The Bertz CT molecular complexity index is 1120. The third kappa shape index (κ3) is 5.83. The third-order valence-corrected chi connectivity index (χ3v) is 6.44. The second kappa shape index (κ2) is 10.8. The Morgan fingerprint density at radius 2 is 1.76 bits per heavy atom. The topological polar surface area (TPSA) is 102 Å². The second-order valence-electron chi connectivity index (χ2n) is 9.12. The number of carbonyl (C=O) groups is 1. The normalized spacial score (nSPS) is 15.0. The first-order valence-corrected chi connectivity index (χ1v) is 11.7. The number of hydrogen-bond donors (Lipinski definition) is 5. The number of fused-ring (bicyclic) bond motifs is 1. The molecule has 5 N–H and O–H groups in total. The summed E-state index contributed by atoms with van der Waals surface area (Å²) < 4.78 is 0. The van der Waals surface area contributed by atoms with Crippen LogP contribution in [0.5, 0.6) is 5.75 Å². The van der Waals surface area contributed by atoms with Crippen molar-refractivity contribution in [2.24, 2.45) is 0 Å². The molecule has 6 nitrogen and oxygen atoms in total. The molecule has 0 saturated carbocycles. The standard InChI is InChI=1S/C28H32N2O4/c1-18(29-16-27(33)22-9-10-26(32)24(13-22)17-31)11-19-5-4-8-23(12-19)28(34)30-25-14-20-6-2-3-7-21(20)15-25/h2-10,12-13,18,25,27,29,31-33H,11,14-17H2,1H3,(H,30,34)/t18-,27+/m1/s1. The molecule has 0 spiro atoms. The zero-order valence-electron chi connectivity index (χ0n) is 19.4. The van der Waals surface area contributed by atoms with Gasteiger partial charge in [-0.15, -0.1) is 0 Å². The van der Waals surface area contributed by atoms with Crippen molar-refractivity contribution in [1.82, 2.24) is 10.6 Å². The Kier molecular flexibility index (Phi) is 7.63. The van der Waals surface area contributed by atoms with E-state index in [-0.39, 0.29) is 30.3 Å². The van der Waals surface area contributed by atoms with E-state index in [0.717, 1.165) is 18.4 Å². The fourth-order valence-electron chi connectivity index (χ4n) is 4.56. The molecule has 0 bridgehead atoms. The molecule has 0 aromatic heterocycles. The average Bonchev–Trinajstić information content (AvgIpc) is 3.25. The number of rotatable bonds is 9. The number of amides is 1. The van der Waals surface area contributed by atoms with Crippen LogP contribution < -0.4 is 10.6 Å². The van der Waals surface area contributed by atoms with Gasteiger partial charge in [0.05, 0.1) is 12.7 Å². The molecule has 2 atom stereocenters. The van der Waals surface area contributed by atoms with Crippen molar-refractivity contribution < 1.29 is 20.1 Å². The van der Waals surface area contributed by atoms with E-state index < -0.39 is 6.10 Å². The molecule has 0 heterocycles. The van der Waals surface area contributed by atoms with Gasteiger partial charge in [0.15, 0.2) is 0 Å². The predicted molar refractivity (Wildman–Crippen MR) is 132 cm³/mol. The van der Waals surface area contributed by atoms with Crippen molar-refractivity contribution in [3.8, 4) is 5.75 Å². The summed E-state index contributed by atoms with van der Waals surface area (Å²) >= 11 is 0. The smallest absolute Gasteiger partial charge is 0.251 e. The Morgan fingerprint density at radius 1 is 1.03 bits per heavy atom. The summed E-state index contributed by atoms with van der Waals surface area (Å²) in [6.45, 7) is 2.08. The Morgan fingerprint density at radius 3 is 2.47 bits per heavy atom. The number of aliphatic hydroxyl groups excluding tert-OH is 2. The van der Waals surface area contributed by atoms with Gasteiger partial charge in [0.25, 0.3) is 5.91 Å². The molecule has 0 radical (unpaired) electrons. The van der Waals surface area contributed by atoms with E-state index in [4.69, 9.17) is 0 Å². The Hall–Kier alpha value is -3.19. The van der Waals surface area contributed by atoms with Crippen LogP contribution in [0.2, 0.25) is 0 Å². The zero-order chi connectivity index (χ0) is 24.1. The molecular weight excluding hydrogens is 428 g/mol. The SMILES string of the molecule is C[C@H](Cc1cccc(C(=O)NC2Cc3ccccc3C2)c1)NC[C@H](O)c1ccc(O)c(CO)c1. The van der Waals surface area contributed by atoms with Gasteiger partial charge in [-0.3, -0.25) is 4.79 Å². The summed E-state index contributed by atoms with van der Waals surface area (Å²) in [6, 6.07) is 20.9. The predicted octanol–water partition coefficient (Wildman–Crippen LogP) is 3.04. The quantitative estimate of drug-likeness (QED) is 0.338. The summed E-state index contributed by atoms with van der Waals surface area (Å²) in [5.74, 6) is -0.0381. The number of nitrogens with one attached hydrogen (secondary N) is 2. The molecule has 0 fully saturated rings. The van der Waals surface area contributed by atoms with Gasteiger partial charge in [-0.1, -0.05) is 42.5 Å². The monoisotopic (exact) mass is 460 g/mol. The first-order valence-electron chi connectivity index (χ1n) is 11.7. The molecule has 3 aromatic rings. The van der Waals surface area contributed by atoms with Crippen LogP contribution in [0.1, 0.15) is 51.2 Å². The highest BCUT2D eigenvalue weighted by Gasteiger charge is 2.23. The van der Waals surface area contributed by atoms with Gasteiger partial charge in [-0.05, 0) is 72.7 Å². The van der Waals surface area contributed by atoms with Crippen LogP contribution in [0.25, 0.3) is 0 Å². The van der Waals surface area contributed by atoms with Crippen LogP contribution in [0.4, 0.5) is 0 Å². The van der Waals surface area contributed by atoms with Crippen molar-refractivity contribution in [3.05, 3.63) is 100 Å². The van der Waals surface area contributed by atoms with Crippen LogP contribution >= 0.6 is 0 Å². The van der Waals surface area contributed by atoms with E-state index in [2.05, 4.69) is 22.8 Å². The molecule has 1 aliphatic carbocycles. The Balaban J connectivity index is 1.29. The maximum absolute atomic E-state index is 12.8. The molecule has 4 rings (SSSR count). The molecule has 3 aromatic carbocycles. The van der Waals surface area contributed by atoms with Crippen LogP contribution in [0.3, 0.4) is 0 Å². The maximum atomic E-state index is 12.8. The minimum Gasteiger partial charge on any atom is -0.508 e. The zero-order valence-corrected chi connectivity index (χ0v) is 19.4. The molecular formula is C28H32N2O4. The molecule has 34 heavy (non-hydrogen) atoms. The van der Waals surface area contributed by atoms with Crippen molar-refractivity contribution in [2.75, 3.05) is 6.54 Å². The number of benzene rings is 3. The van der Waals surface area contributed by atoms with Crippen LogP contribution in [0.15, 0.2) is 66.7 Å². The van der Waals surface area contributed by atoms with Crippen LogP contribution in [-0.2, 0) is 25.9 Å². The summed E-state index contributed by atoms with van der Waals surface area (Å²) in [7, 11) is 0. The minimum atomic E-state index is -0.763. The van der Waals surface area contributed by atoms with Gasteiger partial charge in [-0.25, -0.2) is 0 Å². The first kappa shape index (κ1) is 24.0. The van der Waals surface area contributed by atoms with E-state index in [9.17, 15) is 20.1 Å². The molecule has 178 valence electrons. The minimum absolute atomic E-state index is 0.0150. The van der Waals surface area contributed by atoms with Gasteiger partial charge in [0, 0.05) is 29.8 Å². The van der Waals surface area contributed by atoms with Crippen molar-refractivity contribution in [1.29, 1.82) is 0 Å². The van der Waals surface area contributed by atoms with Crippen LogP contribution in [0, 0.1) is 0 Å². The lowest BCUT2D eigenvalue weighted by Gasteiger charge is -2.19. The van der Waals surface area contributed by atoms with Crippen LogP contribution in [-0.4, -0.2) is 39.9 Å². The number of hydrogen-bond acceptors (Lipinski definition) is 5. The van der Waals surface area contributed by atoms with Gasteiger partial charge in [0.1, 0.15) is 5.75 Å². The van der Waals surface area contributed by atoms with E-state index >= 15 is 0 Å². The molecule has 0 unspecified atom stereocenters. The summed E-state index contributed by atoms with van der Waals surface area (Å²) in [5.41, 5.74) is 5.34. The first-order chi connectivity index (χ1) is 16.4. The summed E-state index contributed by atoms with van der Waals surface area (Å²) in [5, 5.41) is 36.0. The lowest BCUT2D eigenvalue weighted by Crippen LogP contribution is -2.35. The Labute approximate surface area is 200 Å². The van der Waals surface area contributed by atoms with E-state index in [1.165, 1.54) is 17.2 Å². The summed E-state index contributed by atoms with van der Waals surface area (Å²) in [4.78, 5) is 12.8. The number of aliphatic hydroxyl groups is 2. The van der Waals surface area contributed by atoms with Gasteiger partial charge in [-0.2, -0.15) is 0 Å². The molecule has 0 aliphatic heterocycles. The third-order valence-electron chi connectivity index (χ3n) is 6.44. The largest absolute Gasteiger partial charge is 0.508 e. The van der Waals surface area contributed by atoms with E-state index in [1.807, 2.05) is 43.3 Å². The summed E-state index contributed by atoms with van der Waals surface area (Å²) in [6.07, 6.45) is 1.68. The average molecular weight is 461 g/mol. The second-order valence-corrected chi connectivity index (χ2v) is 9.12. The molecule has 6 heteroatoms. The number of carbonyl (C=O) groups excluding carboxylic acids is 1. The lowest BCUT2D eigenvalue weighted by molar-refractivity contribution is 0.0938. The number of aromatic hydroxyl groups is 1. The molecule has 1 aliphatic rings. The maximum Gasteiger partial charge on any atom is 0.251 e. The van der Waals surface area contributed by atoms with Crippen molar-refractivity contribution in [2.45, 2.75) is 51.0 Å². The van der Waals surface area contributed by atoms with Crippen molar-refractivity contribution >= 4 is 5.91 Å². The molecule has 0 saturated heterocycles.